The molecule has 0 atom stereocenters. The van der Waals surface area contributed by atoms with Crippen LogP contribution in [0.25, 0.3) is 0 Å². The zero-order valence-electron chi connectivity index (χ0n) is 10.9. The first-order valence-electron chi connectivity index (χ1n) is 5.74. The third-order valence-corrected chi connectivity index (χ3v) is 2.16. The lowest BCUT2D eigenvalue weighted by molar-refractivity contribution is 0.378. The molecule has 0 spiro atoms. The van der Waals surface area contributed by atoms with Gasteiger partial charge in [-0.25, -0.2) is 0 Å². The van der Waals surface area contributed by atoms with Crippen LogP contribution in [0, 0.1) is 17.2 Å². The van der Waals surface area contributed by atoms with Gasteiger partial charge in [0.05, 0.1) is 19.6 Å². The van der Waals surface area contributed by atoms with Crippen LogP contribution in [0.1, 0.15) is 20.3 Å². The third-order valence-electron chi connectivity index (χ3n) is 2.16. The molecule has 0 aliphatic carbocycles. The summed E-state index contributed by atoms with van der Waals surface area (Å²) in [6, 6.07) is 2.29. The van der Waals surface area contributed by atoms with Crippen molar-refractivity contribution in [1.82, 2.24) is 15.0 Å². The topological polar surface area (TPSA) is 101 Å². The van der Waals surface area contributed by atoms with Crippen LogP contribution in [0.5, 0.6) is 6.01 Å². The van der Waals surface area contributed by atoms with E-state index in [4.69, 9.17) is 15.7 Å². The molecule has 1 rings (SSSR count). The number of nitrogen functional groups attached to an aromatic ring is 1. The average Bonchev–Trinajstić information content (AvgIpc) is 2.33. The number of ether oxygens (including phenoxy) is 1. The van der Waals surface area contributed by atoms with Gasteiger partial charge in [-0.3, -0.25) is 0 Å². The molecule has 0 bridgehead atoms. The average molecular weight is 250 g/mol. The summed E-state index contributed by atoms with van der Waals surface area (Å²) >= 11 is 0. The fourth-order valence-corrected chi connectivity index (χ4v) is 1.49. The minimum Gasteiger partial charge on any atom is -0.467 e. The van der Waals surface area contributed by atoms with Crippen LogP contribution in [-0.4, -0.2) is 35.2 Å². The van der Waals surface area contributed by atoms with E-state index >= 15 is 0 Å². The highest BCUT2D eigenvalue weighted by molar-refractivity contribution is 5.36. The van der Waals surface area contributed by atoms with Crippen molar-refractivity contribution < 1.29 is 4.74 Å². The molecule has 0 aliphatic rings. The Hall–Kier alpha value is -2.10. The van der Waals surface area contributed by atoms with Crippen LogP contribution in [0.4, 0.5) is 11.9 Å². The summed E-state index contributed by atoms with van der Waals surface area (Å²) in [5.74, 6) is 0.985. The Morgan fingerprint density at radius 3 is 2.67 bits per heavy atom. The highest BCUT2D eigenvalue weighted by Gasteiger charge is 2.14. The molecule has 0 saturated carbocycles. The summed E-state index contributed by atoms with van der Waals surface area (Å²) in [7, 11) is 1.47. The fourth-order valence-electron chi connectivity index (χ4n) is 1.49. The second-order valence-electron chi connectivity index (χ2n) is 4.23. The summed E-state index contributed by atoms with van der Waals surface area (Å²) in [5, 5.41) is 8.67. The minimum absolute atomic E-state index is 0.113. The monoisotopic (exact) mass is 250 g/mol. The molecular weight excluding hydrogens is 232 g/mol. The van der Waals surface area contributed by atoms with Crippen molar-refractivity contribution in [2.45, 2.75) is 20.3 Å². The lowest BCUT2D eigenvalue weighted by Gasteiger charge is -2.23. The van der Waals surface area contributed by atoms with E-state index in [0.717, 1.165) is 6.54 Å². The second kappa shape index (κ2) is 6.59. The van der Waals surface area contributed by atoms with Crippen molar-refractivity contribution in [3.63, 3.8) is 0 Å². The van der Waals surface area contributed by atoms with Gasteiger partial charge < -0.3 is 15.4 Å². The maximum absolute atomic E-state index is 8.67. The van der Waals surface area contributed by atoms with Crippen molar-refractivity contribution >= 4 is 11.9 Å². The molecule has 2 N–H and O–H groups in total. The Kier molecular flexibility index (Phi) is 5.11. The smallest absolute Gasteiger partial charge is 0.322 e. The van der Waals surface area contributed by atoms with Gasteiger partial charge in [0.15, 0.2) is 0 Å². The zero-order valence-corrected chi connectivity index (χ0v) is 10.9. The van der Waals surface area contributed by atoms with Gasteiger partial charge in [-0.15, -0.1) is 0 Å². The summed E-state index contributed by atoms with van der Waals surface area (Å²) in [5.41, 5.74) is 5.60. The van der Waals surface area contributed by atoms with Crippen LogP contribution in [-0.2, 0) is 0 Å². The van der Waals surface area contributed by atoms with Gasteiger partial charge in [0.25, 0.3) is 0 Å². The number of anilines is 2. The predicted octanol–water partition coefficient (Wildman–Crippen LogP) is 0.838. The van der Waals surface area contributed by atoms with E-state index in [2.05, 4.69) is 34.9 Å². The molecule has 0 radical (unpaired) electrons. The lowest BCUT2D eigenvalue weighted by atomic mass is 10.2. The van der Waals surface area contributed by atoms with Gasteiger partial charge in [-0.05, 0) is 5.92 Å². The summed E-state index contributed by atoms with van der Waals surface area (Å²) in [6.07, 6.45) is 0.403. The summed E-state index contributed by atoms with van der Waals surface area (Å²) in [4.78, 5) is 14.0. The molecule has 0 saturated heterocycles. The standard InChI is InChI=1S/C11H18N6O/c1-8(2)7-17(6-4-5-12)10-14-9(13)15-11(16-10)18-3/h8H,4,6-7H2,1-3H3,(H2,13,14,15,16). The largest absolute Gasteiger partial charge is 0.467 e. The number of hydrogen-bond acceptors (Lipinski definition) is 7. The number of hydrogen-bond donors (Lipinski definition) is 1. The Labute approximate surface area is 107 Å². The second-order valence-corrected chi connectivity index (χ2v) is 4.23. The molecule has 0 fully saturated rings. The van der Waals surface area contributed by atoms with E-state index < -0.39 is 0 Å². The molecule has 0 aliphatic heterocycles. The Morgan fingerprint density at radius 2 is 2.11 bits per heavy atom. The van der Waals surface area contributed by atoms with E-state index in [0.29, 0.717) is 24.8 Å². The molecular formula is C11H18N6O. The molecule has 0 unspecified atom stereocenters. The van der Waals surface area contributed by atoms with Gasteiger partial charge in [0.2, 0.25) is 11.9 Å². The van der Waals surface area contributed by atoms with Crippen LogP contribution in [0.3, 0.4) is 0 Å². The molecule has 7 heteroatoms. The zero-order chi connectivity index (χ0) is 13.5. The molecule has 0 amide bonds. The highest BCUT2D eigenvalue weighted by atomic mass is 16.5. The van der Waals surface area contributed by atoms with Crippen LogP contribution in [0.15, 0.2) is 0 Å². The molecule has 98 valence electrons. The molecule has 1 heterocycles. The number of methoxy groups -OCH3 is 1. The van der Waals surface area contributed by atoms with Crippen molar-refractivity contribution in [1.29, 1.82) is 5.26 Å². The first kappa shape index (κ1) is 14.0. The van der Waals surface area contributed by atoms with Crippen molar-refractivity contribution in [2.24, 2.45) is 5.92 Å². The van der Waals surface area contributed by atoms with E-state index in [1.807, 2.05) is 4.90 Å². The van der Waals surface area contributed by atoms with Gasteiger partial charge in [0.1, 0.15) is 0 Å². The van der Waals surface area contributed by atoms with Crippen molar-refractivity contribution in [3.05, 3.63) is 0 Å². The highest BCUT2D eigenvalue weighted by Crippen LogP contribution is 2.15. The first-order valence-corrected chi connectivity index (χ1v) is 5.74. The minimum atomic E-state index is 0.113. The fraction of sp³-hybridized carbons (Fsp3) is 0.636. The summed E-state index contributed by atoms with van der Waals surface area (Å²) < 4.78 is 4.96. The molecule has 1 aromatic heterocycles. The molecule has 7 nitrogen and oxygen atoms in total. The Morgan fingerprint density at radius 1 is 1.39 bits per heavy atom. The van der Waals surface area contributed by atoms with E-state index in [1.165, 1.54) is 7.11 Å². The van der Waals surface area contributed by atoms with Gasteiger partial charge in [-0.1, -0.05) is 13.8 Å². The number of aromatic nitrogens is 3. The van der Waals surface area contributed by atoms with Crippen LogP contribution >= 0.6 is 0 Å². The van der Waals surface area contributed by atoms with Gasteiger partial charge in [-0.2, -0.15) is 20.2 Å². The Bertz CT molecular complexity index is 428. The van der Waals surface area contributed by atoms with E-state index in [-0.39, 0.29) is 12.0 Å². The molecule has 0 aromatic carbocycles. The number of nitrogens with two attached hydrogens (primary N) is 1. The molecule has 1 aromatic rings. The van der Waals surface area contributed by atoms with Gasteiger partial charge >= 0.3 is 6.01 Å². The van der Waals surface area contributed by atoms with Crippen LogP contribution < -0.4 is 15.4 Å². The Balaban J connectivity index is 2.96. The van der Waals surface area contributed by atoms with Crippen LogP contribution in [0.2, 0.25) is 0 Å². The van der Waals surface area contributed by atoms with Crippen molar-refractivity contribution in [3.8, 4) is 12.1 Å². The summed E-state index contributed by atoms with van der Waals surface area (Å²) in [6.45, 7) is 5.47. The normalized spacial score (nSPS) is 10.2. The number of nitrogens with zero attached hydrogens (tertiary/aromatic N) is 5. The quantitative estimate of drug-likeness (QED) is 0.798. The maximum atomic E-state index is 8.67. The van der Waals surface area contributed by atoms with Crippen molar-refractivity contribution in [2.75, 3.05) is 30.8 Å². The predicted molar refractivity (Wildman–Crippen MR) is 68.1 cm³/mol. The SMILES string of the molecule is COc1nc(N)nc(N(CCC#N)CC(C)C)n1. The maximum Gasteiger partial charge on any atom is 0.322 e. The third kappa shape index (κ3) is 4.05. The van der Waals surface area contributed by atoms with Gasteiger partial charge in [0, 0.05) is 13.1 Å². The number of rotatable bonds is 6. The lowest BCUT2D eigenvalue weighted by Crippen LogP contribution is -2.30. The first-order chi connectivity index (χ1) is 8.56. The van der Waals surface area contributed by atoms with E-state index in [1.54, 1.807) is 0 Å². The molecule has 18 heavy (non-hydrogen) atoms. The van der Waals surface area contributed by atoms with E-state index in [9.17, 15) is 0 Å². The number of nitriles is 1.